The summed E-state index contributed by atoms with van der Waals surface area (Å²) < 4.78 is 2.84. The first-order valence-corrected chi connectivity index (χ1v) is 10.4. The third-order valence-corrected chi connectivity index (χ3v) is 5.99. The monoisotopic (exact) mass is 413 g/mol. The molecule has 144 valence electrons. The number of fused-ring (bicyclic) bond motifs is 1. The van der Waals surface area contributed by atoms with Crippen molar-refractivity contribution in [1.82, 2.24) is 9.88 Å². The van der Waals surface area contributed by atoms with Gasteiger partial charge in [0.05, 0.1) is 10.2 Å². The minimum atomic E-state index is -0.469. The highest BCUT2D eigenvalue weighted by Gasteiger charge is 2.27. The molecule has 3 aromatic rings. The Morgan fingerprint density at radius 1 is 1.25 bits per heavy atom. The third kappa shape index (κ3) is 3.88. The molecule has 2 aromatic carbocycles. The van der Waals surface area contributed by atoms with Crippen molar-refractivity contribution in [2.24, 2.45) is 4.99 Å². The summed E-state index contributed by atoms with van der Waals surface area (Å²) in [5.74, 6) is -0.436. The van der Waals surface area contributed by atoms with Gasteiger partial charge in [-0.25, -0.2) is 0 Å². The van der Waals surface area contributed by atoms with Gasteiger partial charge in [-0.1, -0.05) is 35.1 Å². The maximum absolute atomic E-state index is 12.7. The molecule has 0 radical (unpaired) electrons. The normalized spacial score (nSPS) is 15.6. The molecule has 1 saturated carbocycles. The van der Waals surface area contributed by atoms with Crippen LogP contribution in [0.5, 0.6) is 0 Å². The van der Waals surface area contributed by atoms with E-state index in [0.29, 0.717) is 15.4 Å². The molecule has 1 fully saturated rings. The molecule has 0 bridgehead atoms. The highest BCUT2D eigenvalue weighted by atomic mass is 35.5. The van der Waals surface area contributed by atoms with Crippen LogP contribution in [-0.4, -0.2) is 22.4 Å². The fourth-order valence-electron chi connectivity index (χ4n) is 3.04. The van der Waals surface area contributed by atoms with E-state index in [9.17, 15) is 9.59 Å². The van der Waals surface area contributed by atoms with Gasteiger partial charge in [-0.05, 0) is 62.6 Å². The third-order valence-electron chi connectivity index (χ3n) is 4.74. The first-order valence-electron chi connectivity index (χ1n) is 9.19. The highest BCUT2D eigenvalue weighted by Crippen LogP contribution is 2.24. The molecule has 1 aliphatic carbocycles. The summed E-state index contributed by atoms with van der Waals surface area (Å²) in [7, 11) is 0. The first kappa shape index (κ1) is 18.9. The molecule has 7 heteroatoms. The average molecular weight is 414 g/mol. The molecule has 1 atom stereocenters. The van der Waals surface area contributed by atoms with E-state index >= 15 is 0 Å². The molecule has 0 aliphatic heterocycles. The number of amides is 2. The van der Waals surface area contributed by atoms with Crippen LogP contribution in [0.1, 0.15) is 41.7 Å². The van der Waals surface area contributed by atoms with Crippen LogP contribution in [0, 0.1) is 6.92 Å². The highest BCUT2D eigenvalue weighted by molar-refractivity contribution is 7.16. The molecule has 0 spiro atoms. The van der Waals surface area contributed by atoms with E-state index in [4.69, 9.17) is 11.6 Å². The molecule has 28 heavy (non-hydrogen) atoms. The van der Waals surface area contributed by atoms with Crippen LogP contribution in [-0.2, 0) is 4.79 Å². The number of carbonyl (C=O) groups is 2. The Bertz CT molecular complexity index is 1140. The lowest BCUT2D eigenvalue weighted by atomic mass is 10.2. The summed E-state index contributed by atoms with van der Waals surface area (Å²) in [5.41, 5.74) is 2.43. The summed E-state index contributed by atoms with van der Waals surface area (Å²) in [6.07, 6.45) is 2.05. The van der Waals surface area contributed by atoms with Gasteiger partial charge in [-0.2, -0.15) is 4.99 Å². The van der Waals surface area contributed by atoms with Gasteiger partial charge in [0.25, 0.3) is 5.91 Å². The minimum Gasteiger partial charge on any atom is -0.352 e. The standard InChI is InChI=1S/C21H20ClN3O2S/c1-12-6-9-17-18(10-12)28-21(24-20(27)14-4-3-5-15(22)11-14)25(17)13(2)19(26)23-16-7-8-16/h3-6,9-11,13,16H,7-8H2,1-2H3,(H,23,26)/t13-/m0/s1. The van der Waals surface area contributed by atoms with E-state index < -0.39 is 6.04 Å². The van der Waals surface area contributed by atoms with Crippen molar-refractivity contribution < 1.29 is 9.59 Å². The molecule has 1 N–H and O–H groups in total. The van der Waals surface area contributed by atoms with Crippen LogP contribution in [0.15, 0.2) is 47.5 Å². The summed E-state index contributed by atoms with van der Waals surface area (Å²) in [4.78, 5) is 30.2. The Morgan fingerprint density at radius 3 is 2.75 bits per heavy atom. The van der Waals surface area contributed by atoms with Crippen LogP contribution in [0.3, 0.4) is 0 Å². The largest absolute Gasteiger partial charge is 0.352 e. The molecule has 1 heterocycles. The van der Waals surface area contributed by atoms with Gasteiger partial charge in [0.1, 0.15) is 6.04 Å². The number of carbonyl (C=O) groups excluding carboxylic acids is 2. The SMILES string of the molecule is Cc1ccc2c(c1)sc(=NC(=O)c1cccc(Cl)c1)n2[C@@H](C)C(=O)NC1CC1. The van der Waals surface area contributed by atoms with Crippen molar-refractivity contribution in [1.29, 1.82) is 0 Å². The molecule has 1 aromatic heterocycles. The second kappa shape index (κ2) is 7.53. The van der Waals surface area contributed by atoms with Crippen molar-refractivity contribution in [3.05, 3.63) is 63.4 Å². The topological polar surface area (TPSA) is 63.5 Å². The predicted molar refractivity (Wildman–Crippen MR) is 112 cm³/mol. The van der Waals surface area contributed by atoms with Gasteiger partial charge in [0, 0.05) is 16.6 Å². The lowest BCUT2D eigenvalue weighted by Crippen LogP contribution is -2.35. The Kier molecular flexibility index (Phi) is 5.08. The second-order valence-electron chi connectivity index (χ2n) is 7.11. The first-order chi connectivity index (χ1) is 13.4. The van der Waals surface area contributed by atoms with Gasteiger partial charge < -0.3 is 9.88 Å². The molecule has 0 saturated heterocycles. The van der Waals surface area contributed by atoms with Crippen molar-refractivity contribution >= 4 is 45.0 Å². The van der Waals surface area contributed by atoms with Crippen LogP contribution < -0.4 is 10.1 Å². The zero-order valence-corrected chi connectivity index (χ0v) is 17.2. The summed E-state index contributed by atoms with van der Waals surface area (Å²) >= 11 is 7.41. The zero-order valence-electron chi connectivity index (χ0n) is 15.6. The molecule has 0 unspecified atom stereocenters. The fraction of sp³-hybridized carbons (Fsp3) is 0.286. The minimum absolute atomic E-state index is 0.0561. The molecule has 2 amide bonds. The van der Waals surface area contributed by atoms with Crippen LogP contribution in [0.2, 0.25) is 5.02 Å². The van der Waals surface area contributed by atoms with Gasteiger partial charge in [0.15, 0.2) is 4.80 Å². The lowest BCUT2D eigenvalue weighted by Gasteiger charge is -2.15. The Hall–Kier alpha value is -2.44. The van der Waals surface area contributed by atoms with Crippen molar-refractivity contribution in [3.8, 4) is 0 Å². The zero-order chi connectivity index (χ0) is 19.8. The number of thiazole rings is 1. The smallest absolute Gasteiger partial charge is 0.279 e. The van der Waals surface area contributed by atoms with E-state index in [-0.39, 0.29) is 17.9 Å². The van der Waals surface area contributed by atoms with Gasteiger partial charge in [0.2, 0.25) is 5.91 Å². The summed E-state index contributed by atoms with van der Waals surface area (Å²) in [5, 5.41) is 3.52. The second-order valence-corrected chi connectivity index (χ2v) is 8.56. The number of rotatable bonds is 4. The van der Waals surface area contributed by atoms with Gasteiger partial charge in [-0.3, -0.25) is 9.59 Å². The summed E-state index contributed by atoms with van der Waals surface area (Å²) in [6, 6.07) is 12.5. The number of benzene rings is 2. The maximum Gasteiger partial charge on any atom is 0.279 e. The van der Waals surface area contributed by atoms with E-state index in [1.807, 2.05) is 36.6 Å². The molecule has 1 aliphatic rings. The van der Waals surface area contributed by atoms with E-state index in [1.54, 1.807) is 24.3 Å². The molecule has 4 rings (SSSR count). The van der Waals surface area contributed by atoms with E-state index in [0.717, 1.165) is 28.6 Å². The number of nitrogens with zero attached hydrogens (tertiary/aromatic N) is 2. The van der Waals surface area contributed by atoms with Gasteiger partial charge in [-0.15, -0.1) is 0 Å². The van der Waals surface area contributed by atoms with Crippen LogP contribution in [0.25, 0.3) is 10.2 Å². The number of aromatic nitrogens is 1. The number of nitrogens with one attached hydrogen (secondary N) is 1. The molecular weight excluding hydrogens is 394 g/mol. The van der Waals surface area contributed by atoms with Crippen molar-refractivity contribution in [2.45, 2.75) is 38.8 Å². The fourth-order valence-corrected chi connectivity index (χ4v) is 4.43. The maximum atomic E-state index is 12.7. The Morgan fingerprint density at radius 2 is 2.04 bits per heavy atom. The van der Waals surface area contributed by atoms with Crippen molar-refractivity contribution in [2.75, 3.05) is 0 Å². The van der Waals surface area contributed by atoms with Gasteiger partial charge >= 0.3 is 0 Å². The van der Waals surface area contributed by atoms with Crippen LogP contribution >= 0.6 is 22.9 Å². The Balaban J connectivity index is 1.82. The van der Waals surface area contributed by atoms with Crippen molar-refractivity contribution in [3.63, 3.8) is 0 Å². The molecular formula is C21H20ClN3O2S. The number of aryl methyl sites for hydroxylation is 1. The molecule has 5 nitrogen and oxygen atoms in total. The van der Waals surface area contributed by atoms with Crippen LogP contribution in [0.4, 0.5) is 0 Å². The number of hydrogen-bond donors (Lipinski definition) is 1. The number of halogens is 1. The predicted octanol–water partition coefficient (Wildman–Crippen LogP) is 4.25. The Labute approximate surface area is 171 Å². The quantitative estimate of drug-likeness (QED) is 0.695. The van der Waals surface area contributed by atoms with E-state index in [1.165, 1.54) is 11.3 Å². The average Bonchev–Trinajstić information content (AvgIpc) is 3.40. The summed E-state index contributed by atoms with van der Waals surface area (Å²) in [6.45, 7) is 3.85. The number of hydrogen-bond acceptors (Lipinski definition) is 3. The van der Waals surface area contributed by atoms with E-state index in [2.05, 4.69) is 10.3 Å². The lowest BCUT2D eigenvalue weighted by molar-refractivity contribution is -0.124.